The first-order chi connectivity index (χ1) is 12.3. The van der Waals surface area contributed by atoms with Crippen LogP contribution in [-0.2, 0) is 16.1 Å². The molecule has 138 valence electrons. The molecule has 2 rings (SSSR count). The Bertz CT molecular complexity index is 787. The summed E-state index contributed by atoms with van der Waals surface area (Å²) in [6.07, 6.45) is 0. The van der Waals surface area contributed by atoms with E-state index < -0.39 is 18.3 Å². The lowest BCUT2D eigenvalue weighted by Gasteiger charge is -2.18. The van der Waals surface area contributed by atoms with Crippen LogP contribution in [-0.4, -0.2) is 54.7 Å². The first-order valence-corrected chi connectivity index (χ1v) is 7.97. The Kier molecular flexibility index (Phi) is 6.06. The van der Waals surface area contributed by atoms with Gasteiger partial charge in [0.25, 0.3) is 5.91 Å². The largest absolute Gasteiger partial charge is 0.508 e. The first kappa shape index (κ1) is 19.1. The summed E-state index contributed by atoms with van der Waals surface area (Å²) in [5, 5.41) is 18.9. The van der Waals surface area contributed by atoms with E-state index in [0.29, 0.717) is 6.54 Å². The minimum Gasteiger partial charge on any atom is -0.508 e. The zero-order valence-electron chi connectivity index (χ0n) is 15.0. The third-order valence-electron chi connectivity index (χ3n) is 3.83. The Hall–Kier alpha value is -3.22. The van der Waals surface area contributed by atoms with Gasteiger partial charge in [-0.1, -0.05) is 12.1 Å². The minimum absolute atomic E-state index is 0.113. The van der Waals surface area contributed by atoms with Crippen molar-refractivity contribution in [2.75, 3.05) is 32.6 Å². The molecular formula is C19H22N2O5. The Morgan fingerprint density at radius 2 is 1.65 bits per heavy atom. The summed E-state index contributed by atoms with van der Waals surface area (Å²) in [6.45, 7) is -0.0556. The van der Waals surface area contributed by atoms with Crippen LogP contribution in [0, 0.1) is 0 Å². The summed E-state index contributed by atoms with van der Waals surface area (Å²) in [5.41, 5.74) is 1.90. The van der Waals surface area contributed by atoms with E-state index in [4.69, 9.17) is 4.74 Å². The van der Waals surface area contributed by atoms with E-state index in [-0.39, 0.29) is 17.2 Å². The molecule has 26 heavy (non-hydrogen) atoms. The van der Waals surface area contributed by atoms with Gasteiger partial charge in [0, 0.05) is 39.4 Å². The number of phenols is 2. The highest BCUT2D eigenvalue weighted by Crippen LogP contribution is 2.23. The molecule has 7 nitrogen and oxygen atoms in total. The number of nitrogens with zero attached hydrogens (tertiary/aromatic N) is 2. The van der Waals surface area contributed by atoms with Crippen molar-refractivity contribution in [1.29, 1.82) is 0 Å². The molecule has 0 saturated heterocycles. The van der Waals surface area contributed by atoms with E-state index in [1.165, 1.54) is 17.0 Å². The Morgan fingerprint density at radius 1 is 1.00 bits per heavy atom. The number of hydrogen-bond acceptors (Lipinski definition) is 6. The number of phenolic OH excluding ortho intramolecular Hbond substituents is 2. The second kappa shape index (κ2) is 8.24. The molecule has 0 spiro atoms. The number of benzene rings is 2. The zero-order chi connectivity index (χ0) is 19.3. The third-order valence-corrected chi connectivity index (χ3v) is 3.83. The predicted octanol–water partition coefficient (Wildman–Crippen LogP) is 1.98. The van der Waals surface area contributed by atoms with Gasteiger partial charge in [-0.3, -0.25) is 4.79 Å². The smallest absolute Gasteiger partial charge is 0.342 e. The molecule has 2 N–H and O–H groups in total. The molecular weight excluding hydrogens is 336 g/mol. The summed E-state index contributed by atoms with van der Waals surface area (Å²) < 4.78 is 4.94. The summed E-state index contributed by atoms with van der Waals surface area (Å²) >= 11 is 0. The van der Waals surface area contributed by atoms with Crippen LogP contribution in [0.1, 0.15) is 15.9 Å². The summed E-state index contributed by atoms with van der Waals surface area (Å²) in [4.78, 5) is 27.5. The van der Waals surface area contributed by atoms with Crippen molar-refractivity contribution in [3.05, 3.63) is 53.6 Å². The summed E-state index contributed by atoms with van der Waals surface area (Å²) in [6, 6.07) is 11.3. The quantitative estimate of drug-likeness (QED) is 0.768. The molecule has 0 aliphatic heterocycles. The highest BCUT2D eigenvalue weighted by Gasteiger charge is 2.17. The molecule has 2 aromatic carbocycles. The summed E-state index contributed by atoms with van der Waals surface area (Å²) in [7, 11) is 5.52. The maximum Gasteiger partial charge on any atom is 0.342 e. The number of rotatable bonds is 6. The van der Waals surface area contributed by atoms with E-state index in [9.17, 15) is 19.8 Å². The normalized spacial score (nSPS) is 10.3. The summed E-state index contributed by atoms with van der Waals surface area (Å²) in [5.74, 6) is -1.78. The highest BCUT2D eigenvalue weighted by atomic mass is 16.5. The van der Waals surface area contributed by atoms with Gasteiger partial charge in [-0.2, -0.15) is 0 Å². The molecule has 0 aromatic heterocycles. The van der Waals surface area contributed by atoms with E-state index in [0.717, 1.165) is 17.3 Å². The zero-order valence-corrected chi connectivity index (χ0v) is 15.0. The fraction of sp³-hybridized carbons (Fsp3) is 0.263. The van der Waals surface area contributed by atoms with Gasteiger partial charge in [0.1, 0.15) is 17.1 Å². The number of aromatic hydroxyl groups is 2. The number of esters is 1. The predicted molar refractivity (Wildman–Crippen MR) is 97.3 cm³/mol. The van der Waals surface area contributed by atoms with Crippen LogP contribution < -0.4 is 4.90 Å². The van der Waals surface area contributed by atoms with Crippen molar-refractivity contribution in [2.24, 2.45) is 0 Å². The van der Waals surface area contributed by atoms with Gasteiger partial charge in [-0.15, -0.1) is 0 Å². The van der Waals surface area contributed by atoms with Crippen molar-refractivity contribution in [1.82, 2.24) is 4.90 Å². The average Bonchev–Trinajstić information content (AvgIpc) is 2.59. The number of hydrogen-bond donors (Lipinski definition) is 2. The standard InChI is InChI=1S/C19H22N2O5/c1-20(2)14-6-4-13(5-7-14)11-21(3)18(24)12-26-19(25)16-9-8-15(22)10-17(16)23/h4-10,22-23H,11-12H2,1-3H3. The van der Waals surface area contributed by atoms with Crippen LogP contribution in [0.2, 0.25) is 0 Å². The Labute approximate surface area is 152 Å². The van der Waals surface area contributed by atoms with E-state index in [2.05, 4.69) is 0 Å². The average molecular weight is 358 g/mol. The van der Waals surface area contributed by atoms with E-state index in [1.807, 2.05) is 43.3 Å². The number of carbonyl (C=O) groups is 2. The number of carbonyl (C=O) groups excluding carboxylic acids is 2. The van der Waals surface area contributed by atoms with Gasteiger partial charge < -0.3 is 24.7 Å². The lowest BCUT2D eigenvalue weighted by atomic mass is 10.2. The molecule has 0 atom stereocenters. The van der Waals surface area contributed by atoms with Gasteiger partial charge in [-0.05, 0) is 29.8 Å². The van der Waals surface area contributed by atoms with Crippen LogP contribution in [0.4, 0.5) is 5.69 Å². The molecule has 7 heteroatoms. The van der Waals surface area contributed by atoms with Crippen molar-refractivity contribution < 1.29 is 24.5 Å². The van der Waals surface area contributed by atoms with Gasteiger partial charge in [-0.25, -0.2) is 4.79 Å². The molecule has 0 fully saturated rings. The van der Waals surface area contributed by atoms with E-state index in [1.54, 1.807) is 7.05 Å². The molecule has 0 aliphatic carbocycles. The highest BCUT2D eigenvalue weighted by molar-refractivity contribution is 5.94. The first-order valence-electron chi connectivity index (χ1n) is 7.97. The van der Waals surface area contributed by atoms with Crippen molar-refractivity contribution >= 4 is 17.6 Å². The van der Waals surface area contributed by atoms with Crippen LogP contribution in [0.5, 0.6) is 11.5 Å². The van der Waals surface area contributed by atoms with Gasteiger partial charge >= 0.3 is 5.97 Å². The van der Waals surface area contributed by atoms with Crippen LogP contribution in [0.15, 0.2) is 42.5 Å². The van der Waals surface area contributed by atoms with Crippen LogP contribution in [0.25, 0.3) is 0 Å². The topological polar surface area (TPSA) is 90.3 Å². The van der Waals surface area contributed by atoms with Crippen molar-refractivity contribution in [2.45, 2.75) is 6.54 Å². The Morgan fingerprint density at radius 3 is 2.23 bits per heavy atom. The molecule has 0 bridgehead atoms. The second-order valence-electron chi connectivity index (χ2n) is 6.09. The maximum absolute atomic E-state index is 12.1. The molecule has 0 heterocycles. The SMILES string of the molecule is CN(Cc1ccc(N(C)C)cc1)C(=O)COC(=O)c1ccc(O)cc1O. The van der Waals surface area contributed by atoms with Crippen LogP contribution in [0.3, 0.4) is 0 Å². The molecule has 0 radical (unpaired) electrons. The van der Waals surface area contributed by atoms with Crippen LogP contribution >= 0.6 is 0 Å². The molecule has 2 aromatic rings. The lowest BCUT2D eigenvalue weighted by Crippen LogP contribution is -2.30. The molecule has 1 amide bonds. The van der Waals surface area contributed by atoms with E-state index >= 15 is 0 Å². The maximum atomic E-state index is 12.1. The fourth-order valence-corrected chi connectivity index (χ4v) is 2.27. The molecule has 0 saturated carbocycles. The number of amides is 1. The number of anilines is 1. The van der Waals surface area contributed by atoms with Crippen molar-refractivity contribution in [3.8, 4) is 11.5 Å². The Balaban J connectivity index is 1.89. The lowest BCUT2D eigenvalue weighted by molar-refractivity contribution is -0.133. The second-order valence-corrected chi connectivity index (χ2v) is 6.09. The minimum atomic E-state index is -0.834. The monoisotopic (exact) mass is 358 g/mol. The third kappa shape index (κ3) is 4.89. The molecule has 0 aliphatic rings. The van der Waals surface area contributed by atoms with Gasteiger partial charge in [0.15, 0.2) is 6.61 Å². The fourth-order valence-electron chi connectivity index (χ4n) is 2.27. The number of ether oxygens (including phenoxy) is 1. The van der Waals surface area contributed by atoms with Gasteiger partial charge in [0.05, 0.1) is 0 Å². The van der Waals surface area contributed by atoms with Gasteiger partial charge in [0.2, 0.25) is 0 Å². The number of likely N-dealkylation sites (N-methyl/N-ethyl adjacent to an activating group) is 1. The van der Waals surface area contributed by atoms with Crippen molar-refractivity contribution in [3.63, 3.8) is 0 Å². The molecule has 0 unspecified atom stereocenters.